The van der Waals surface area contributed by atoms with Crippen molar-refractivity contribution in [3.63, 3.8) is 0 Å². The smallest absolute Gasteiger partial charge is 0.0930 e. The zero-order chi connectivity index (χ0) is 13.1. The van der Waals surface area contributed by atoms with E-state index in [1.165, 1.54) is 5.69 Å². The van der Waals surface area contributed by atoms with E-state index in [1.807, 2.05) is 11.6 Å². The van der Waals surface area contributed by atoms with E-state index in [-0.39, 0.29) is 0 Å². The summed E-state index contributed by atoms with van der Waals surface area (Å²) in [6, 6.07) is 12.7. The molecule has 0 aliphatic carbocycles. The number of aromatic nitrogens is 2. The van der Waals surface area contributed by atoms with Crippen LogP contribution in [0.2, 0.25) is 0 Å². The molecule has 2 aromatic rings. The molecule has 1 aliphatic rings. The topological polar surface area (TPSA) is 24.3 Å². The lowest BCUT2D eigenvalue weighted by atomic mass is 10.2. The highest BCUT2D eigenvalue weighted by atomic mass is 15.4. The summed E-state index contributed by atoms with van der Waals surface area (Å²) in [7, 11) is 0. The van der Waals surface area contributed by atoms with Gasteiger partial charge in [0.25, 0.3) is 0 Å². The first-order chi connectivity index (χ1) is 9.31. The van der Waals surface area contributed by atoms with Crippen LogP contribution in [0.15, 0.2) is 42.6 Å². The van der Waals surface area contributed by atoms with Gasteiger partial charge in [-0.3, -0.25) is 9.58 Å². The molecule has 1 aliphatic heterocycles. The quantitative estimate of drug-likeness (QED) is 0.839. The first kappa shape index (κ1) is 12.2. The maximum atomic E-state index is 4.44. The SMILES string of the molecule is Cc1ccn(CN2CCN(c3ccccc3)CC2)n1. The summed E-state index contributed by atoms with van der Waals surface area (Å²) in [6.07, 6.45) is 2.05. The van der Waals surface area contributed by atoms with Crippen LogP contribution in [0.1, 0.15) is 5.69 Å². The maximum absolute atomic E-state index is 4.44. The molecule has 1 saturated heterocycles. The second kappa shape index (κ2) is 5.45. The molecule has 4 nitrogen and oxygen atoms in total. The number of hydrogen-bond acceptors (Lipinski definition) is 3. The van der Waals surface area contributed by atoms with Crippen molar-refractivity contribution in [3.05, 3.63) is 48.3 Å². The van der Waals surface area contributed by atoms with E-state index >= 15 is 0 Å². The number of rotatable bonds is 3. The van der Waals surface area contributed by atoms with Crippen molar-refractivity contribution in [2.24, 2.45) is 0 Å². The zero-order valence-electron chi connectivity index (χ0n) is 11.4. The van der Waals surface area contributed by atoms with E-state index in [0.29, 0.717) is 0 Å². The summed E-state index contributed by atoms with van der Waals surface area (Å²) in [5.74, 6) is 0. The lowest BCUT2D eigenvalue weighted by Crippen LogP contribution is -2.46. The first-order valence-electron chi connectivity index (χ1n) is 6.84. The molecule has 100 valence electrons. The molecule has 1 fully saturated rings. The van der Waals surface area contributed by atoms with Gasteiger partial charge in [0.15, 0.2) is 0 Å². The van der Waals surface area contributed by atoms with Gasteiger partial charge in [0, 0.05) is 38.1 Å². The predicted octanol–water partition coefficient (Wildman–Crippen LogP) is 1.97. The summed E-state index contributed by atoms with van der Waals surface area (Å²) < 4.78 is 2.02. The third-order valence-electron chi connectivity index (χ3n) is 3.61. The van der Waals surface area contributed by atoms with Crippen molar-refractivity contribution in [1.29, 1.82) is 0 Å². The molecule has 1 aromatic carbocycles. The van der Waals surface area contributed by atoms with Gasteiger partial charge in [-0.25, -0.2) is 0 Å². The van der Waals surface area contributed by atoms with Crippen molar-refractivity contribution in [3.8, 4) is 0 Å². The van der Waals surface area contributed by atoms with Gasteiger partial charge in [-0.1, -0.05) is 18.2 Å². The highest BCUT2D eigenvalue weighted by Gasteiger charge is 2.17. The number of para-hydroxylation sites is 1. The molecule has 0 saturated carbocycles. The average Bonchev–Trinajstić information content (AvgIpc) is 2.86. The van der Waals surface area contributed by atoms with Gasteiger partial charge in [-0.15, -0.1) is 0 Å². The number of hydrogen-bond donors (Lipinski definition) is 0. The van der Waals surface area contributed by atoms with E-state index in [2.05, 4.69) is 57.5 Å². The minimum absolute atomic E-state index is 0.899. The molecule has 0 bridgehead atoms. The number of benzene rings is 1. The van der Waals surface area contributed by atoms with Crippen molar-refractivity contribution in [2.45, 2.75) is 13.6 Å². The Kier molecular flexibility index (Phi) is 3.51. The Bertz CT molecular complexity index is 512. The van der Waals surface area contributed by atoms with Gasteiger partial charge in [0.1, 0.15) is 0 Å². The molecule has 2 heterocycles. The van der Waals surface area contributed by atoms with E-state index in [4.69, 9.17) is 0 Å². The summed E-state index contributed by atoms with van der Waals surface area (Å²) in [5.41, 5.74) is 2.42. The number of piperazine rings is 1. The fraction of sp³-hybridized carbons (Fsp3) is 0.400. The summed E-state index contributed by atoms with van der Waals surface area (Å²) in [4.78, 5) is 4.90. The van der Waals surface area contributed by atoms with Crippen LogP contribution in [-0.2, 0) is 6.67 Å². The lowest BCUT2D eigenvalue weighted by Gasteiger charge is -2.35. The van der Waals surface area contributed by atoms with Crippen LogP contribution in [0.25, 0.3) is 0 Å². The highest BCUT2D eigenvalue weighted by molar-refractivity contribution is 5.46. The Hall–Kier alpha value is -1.81. The van der Waals surface area contributed by atoms with Crippen LogP contribution in [0.4, 0.5) is 5.69 Å². The standard InChI is InChI=1S/C15H20N4/c1-14-7-8-19(16-14)13-17-9-11-18(12-10-17)15-5-3-2-4-6-15/h2-8H,9-13H2,1H3. The van der Waals surface area contributed by atoms with Gasteiger partial charge in [0.05, 0.1) is 12.4 Å². The molecule has 4 heteroatoms. The Balaban J connectivity index is 1.55. The molecule has 0 spiro atoms. The zero-order valence-corrected chi connectivity index (χ0v) is 11.4. The first-order valence-corrected chi connectivity index (χ1v) is 6.84. The third-order valence-corrected chi connectivity index (χ3v) is 3.61. The molecule has 0 atom stereocenters. The van der Waals surface area contributed by atoms with Gasteiger partial charge in [0.2, 0.25) is 0 Å². The predicted molar refractivity (Wildman–Crippen MR) is 77.2 cm³/mol. The molecule has 3 rings (SSSR count). The van der Waals surface area contributed by atoms with E-state index < -0.39 is 0 Å². The normalized spacial score (nSPS) is 16.8. The van der Waals surface area contributed by atoms with E-state index in [0.717, 1.165) is 38.5 Å². The fourth-order valence-corrected chi connectivity index (χ4v) is 2.53. The number of aryl methyl sites for hydroxylation is 1. The molecule has 1 aromatic heterocycles. The summed E-state index contributed by atoms with van der Waals surface area (Å²) in [6.45, 7) is 7.29. The molecular formula is C15H20N4. The van der Waals surface area contributed by atoms with Crippen molar-refractivity contribution in [1.82, 2.24) is 14.7 Å². The molecule has 0 N–H and O–H groups in total. The van der Waals surface area contributed by atoms with Crippen LogP contribution in [0.5, 0.6) is 0 Å². The fourth-order valence-electron chi connectivity index (χ4n) is 2.53. The van der Waals surface area contributed by atoms with Crippen LogP contribution >= 0.6 is 0 Å². The number of nitrogens with zero attached hydrogens (tertiary/aromatic N) is 4. The van der Waals surface area contributed by atoms with Gasteiger partial charge in [-0.05, 0) is 25.1 Å². The van der Waals surface area contributed by atoms with Crippen LogP contribution in [0.3, 0.4) is 0 Å². The van der Waals surface area contributed by atoms with Gasteiger partial charge >= 0.3 is 0 Å². The highest BCUT2D eigenvalue weighted by Crippen LogP contribution is 2.15. The maximum Gasteiger partial charge on any atom is 0.0930 e. The summed E-state index contributed by atoms with van der Waals surface area (Å²) >= 11 is 0. The molecular weight excluding hydrogens is 236 g/mol. The lowest BCUT2D eigenvalue weighted by molar-refractivity contribution is 0.195. The second-order valence-electron chi connectivity index (χ2n) is 5.08. The van der Waals surface area contributed by atoms with Gasteiger partial charge < -0.3 is 4.90 Å². The van der Waals surface area contributed by atoms with Crippen LogP contribution < -0.4 is 4.90 Å². The second-order valence-corrected chi connectivity index (χ2v) is 5.08. The number of anilines is 1. The van der Waals surface area contributed by atoms with Crippen molar-refractivity contribution in [2.75, 3.05) is 31.1 Å². The molecule has 0 radical (unpaired) electrons. The van der Waals surface area contributed by atoms with Gasteiger partial charge in [-0.2, -0.15) is 5.10 Å². The molecule has 19 heavy (non-hydrogen) atoms. The molecule has 0 unspecified atom stereocenters. The van der Waals surface area contributed by atoms with Crippen LogP contribution in [0, 0.1) is 6.92 Å². The van der Waals surface area contributed by atoms with E-state index in [1.54, 1.807) is 0 Å². The van der Waals surface area contributed by atoms with Crippen molar-refractivity contribution < 1.29 is 0 Å². The van der Waals surface area contributed by atoms with Crippen molar-refractivity contribution >= 4 is 5.69 Å². The Morgan fingerprint density at radius 3 is 2.37 bits per heavy atom. The molecule has 0 amide bonds. The summed E-state index contributed by atoms with van der Waals surface area (Å²) in [5, 5.41) is 4.44. The Morgan fingerprint density at radius 2 is 1.74 bits per heavy atom. The van der Waals surface area contributed by atoms with Crippen LogP contribution in [-0.4, -0.2) is 40.9 Å². The largest absolute Gasteiger partial charge is 0.369 e. The monoisotopic (exact) mass is 256 g/mol. The Labute approximate surface area is 114 Å². The third kappa shape index (κ3) is 2.96. The minimum Gasteiger partial charge on any atom is -0.369 e. The Morgan fingerprint density at radius 1 is 1.00 bits per heavy atom. The van der Waals surface area contributed by atoms with E-state index in [9.17, 15) is 0 Å². The average molecular weight is 256 g/mol. The minimum atomic E-state index is 0.899.